The van der Waals surface area contributed by atoms with E-state index in [2.05, 4.69) is 13.2 Å². The summed E-state index contributed by atoms with van der Waals surface area (Å²) in [6, 6.07) is 0. The smallest absolute Gasteiger partial charge is 0.355 e. The van der Waals surface area contributed by atoms with Gasteiger partial charge in [0.1, 0.15) is 0 Å². The van der Waals surface area contributed by atoms with Crippen LogP contribution in [0, 0.1) is 17.8 Å². The molecule has 6 heteroatoms. The highest BCUT2D eigenvalue weighted by Gasteiger charge is 2.80. The maximum absolute atomic E-state index is 12.5. The highest BCUT2D eigenvalue weighted by Crippen LogP contribution is 2.65. The first-order valence-electron chi connectivity index (χ1n) is 7.69. The van der Waals surface area contributed by atoms with E-state index in [9.17, 15) is 14.4 Å². The van der Waals surface area contributed by atoms with Crippen LogP contribution in [0.2, 0.25) is 0 Å². The van der Waals surface area contributed by atoms with Crippen LogP contribution in [0.1, 0.15) is 26.7 Å². The molecular weight excluding hydrogens is 300 g/mol. The number of hydrogen-bond donors (Lipinski definition) is 0. The van der Waals surface area contributed by atoms with Gasteiger partial charge in [0, 0.05) is 11.6 Å². The molecule has 3 rings (SSSR count). The van der Waals surface area contributed by atoms with Crippen molar-refractivity contribution in [1.29, 1.82) is 0 Å². The lowest BCUT2D eigenvalue weighted by Crippen LogP contribution is -2.62. The molecule has 2 saturated carbocycles. The zero-order valence-corrected chi connectivity index (χ0v) is 13.3. The minimum atomic E-state index is -1.57. The van der Waals surface area contributed by atoms with Crippen molar-refractivity contribution in [3.63, 3.8) is 0 Å². The summed E-state index contributed by atoms with van der Waals surface area (Å²) in [5.74, 6) is -1.92. The molecule has 3 aliphatic rings. The molecular formula is C17H20O6. The van der Waals surface area contributed by atoms with E-state index in [4.69, 9.17) is 14.2 Å². The van der Waals surface area contributed by atoms with Crippen LogP contribution in [0.5, 0.6) is 0 Å². The van der Waals surface area contributed by atoms with Crippen molar-refractivity contribution >= 4 is 17.9 Å². The minimum Gasteiger partial charge on any atom is -0.462 e. The van der Waals surface area contributed by atoms with Crippen molar-refractivity contribution in [2.45, 2.75) is 37.9 Å². The maximum atomic E-state index is 12.5. The van der Waals surface area contributed by atoms with Crippen molar-refractivity contribution in [2.24, 2.45) is 17.8 Å². The lowest BCUT2D eigenvalue weighted by molar-refractivity contribution is -0.213. The molecule has 0 aromatic carbocycles. The second-order valence-corrected chi connectivity index (χ2v) is 6.78. The van der Waals surface area contributed by atoms with Crippen LogP contribution in [0.3, 0.4) is 0 Å². The molecule has 2 bridgehead atoms. The number of esters is 3. The molecule has 0 N–H and O–H groups in total. The molecule has 1 saturated heterocycles. The molecule has 6 nitrogen and oxygen atoms in total. The fourth-order valence-electron chi connectivity index (χ4n) is 4.50. The fraction of sp³-hybridized carbons (Fsp3) is 0.588. The second kappa shape index (κ2) is 4.94. The van der Waals surface area contributed by atoms with Gasteiger partial charge in [0.15, 0.2) is 5.60 Å². The Morgan fingerprint density at radius 1 is 1.35 bits per heavy atom. The molecule has 0 radical (unpaired) electrons. The molecule has 23 heavy (non-hydrogen) atoms. The molecule has 2 aliphatic carbocycles. The van der Waals surface area contributed by atoms with E-state index in [0.717, 1.165) is 6.08 Å². The molecule has 0 aromatic rings. The molecule has 3 fully saturated rings. The minimum absolute atomic E-state index is 0.0944. The van der Waals surface area contributed by atoms with Gasteiger partial charge in [-0.1, -0.05) is 20.1 Å². The van der Waals surface area contributed by atoms with Crippen LogP contribution < -0.4 is 0 Å². The number of fused-ring (bicyclic) bond motifs is 5. The third-order valence-corrected chi connectivity index (χ3v) is 5.43. The van der Waals surface area contributed by atoms with Crippen LogP contribution in [0.15, 0.2) is 24.8 Å². The van der Waals surface area contributed by atoms with E-state index in [0.29, 0.717) is 12.8 Å². The third-order valence-electron chi connectivity index (χ3n) is 5.43. The average molecular weight is 320 g/mol. The fourth-order valence-corrected chi connectivity index (χ4v) is 4.50. The third kappa shape index (κ3) is 1.90. The van der Waals surface area contributed by atoms with Crippen LogP contribution in [0.25, 0.3) is 0 Å². The summed E-state index contributed by atoms with van der Waals surface area (Å²) < 4.78 is 16.4. The van der Waals surface area contributed by atoms with Crippen molar-refractivity contribution in [3.05, 3.63) is 24.8 Å². The number of carbonyl (C=O) groups excluding carboxylic acids is 3. The van der Waals surface area contributed by atoms with Gasteiger partial charge in [0.05, 0.1) is 12.5 Å². The van der Waals surface area contributed by atoms with Crippen molar-refractivity contribution < 1.29 is 28.6 Å². The summed E-state index contributed by atoms with van der Waals surface area (Å²) in [6.45, 7) is 10.7. The zero-order valence-electron chi connectivity index (χ0n) is 13.3. The summed E-state index contributed by atoms with van der Waals surface area (Å²) >= 11 is 0. The standard InChI is InChI=1S/C17H20O6/c1-5-13(18)22-17-12(8-21-15(17)20)11-7-16(17,6-10(11)4)23-14(19)9(2)3/h5,10-12H,1-2,6-8H2,3-4H3. The van der Waals surface area contributed by atoms with Gasteiger partial charge in [-0.2, -0.15) is 0 Å². The monoisotopic (exact) mass is 320 g/mol. The Balaban J connectivity index is 2.07. The van der Waals surface area contributed by atoms with Gasteiger partial charge >= 0.3 is 17.9 Å². The number of cyclic esters (lactones) is 1. The van der Waals surface area contributed by atoms with Gasteiger partial charge in [0.25, 0.3) is 5.60 Å². The number of rotatable bonds is 4. The van der Waals surface area contributed by atoms with Crippen molar-refractivity contribution in [1.82, 2.24) is 0 Å². The molecule has 0 aromatic heterocycles. The van der Waals surface area contributed by atoms with E-state index in [1.807, 2.05) is 6.92 Å². The van der Waals surface area contributed by atoms with E-state index >= 15 is 0 Å². The first-order chi connectivity index (χ1) is 10.8. The summed E-state index contributed by atoms with van der Waals surface area (Å²) in [5.41, 5.74) is -2.53. The Kier molecular flexibility index (Phi) is 3.39. The predicted octanol–water partition coefficient (Wildman–Crippen LogP) is 1.55. The van der Waals surface area contributed by atoms with E-state index in [-0.39, 0.29) is 29.9 Å². The predicted molar refractivity (Wildman–Crippen MR) is 79.0 cm³/mol. The van der Waals surface area contributed by atoms with Gasteiger partial charge in [0.2, 0.25) is 0 Å². The van der Waals surface area contributed by atoms with Crippen LogP contribution in [-0.2, 0) is 28.6 Å². The topological polar surface area (TPSA) is 78.9 Å². The van der Waals surface area contributed by atoms with Crippen molar-refractivity contribution in [2.75, 3.05) is 6.61 Å². The normalized spacial score (nSPS) is 40.3. The molecule has 5 atom stereocenters. The second-order valence-electron chi connectivity index (χ2n) is 6.78. The van der Waals surface area contributed by atoms with Crippen LogP contribution >= 0.6 is 0 Å². The van der Waals surface area contributed by atoms with E-state index in [1.165, 1.54) is 6.92 Å². The lowest BCUT2D eigenvalue weighted by Gasteiger charge is -2.43. The highest BCUT2D eigenvalue weighted by molar-refractivity contribution is 5.93. The molecule has 1 heterocycles. The summed E-state index contributed by atoms with van der Waals surface area (Å²) in [7, 11) is 0. The van der Waals surface area contributed by atoms with E-state index in [1.54, 1.807) is 0 Å². The first kappa shape index (κ1) is 15.8. The molecule has 0 amide bonds. The number of carbonyl (C=O) groups is 3. The molecule has 0 spiro atoms. The largest absolute Gasteiger partial charge is 0.462 e. The van der Waals surface area contributed by atoms with Crippen LogP contribution in [0.4, 0.5) is 0 Å². The quantitative estimate of drug-likeness (QED) is 0.444. The first-order valence-corrected chi connectivity index (χ1v) is 7.69. The Morgan fingerprint density at radius 2 is 2.04 bits per heavy atom. The maximum Gasteiger partial charge on any atom is 0.355 e. The SMILES string of the molecule is C=CC(=O)OC12C(=O)OCC1C1CC2(OC(=O)C(=C)C)CC1C. The Morgan fingerprint density at radius 3 is 2.65 bits per heavy atom. The van der Waals surface area contributed by atoms with Gasteiger partial charge < -0.3 is 14.2 Å². The number of hydrogen-bond acceptors (Lipinski definition) is 6. The van der Waals surface area contributed by atoms with Gasteiger partial charge in [-0.25, -0.2) is 14.4 Å². The van der Waals surface area contributed by atoms with Crippen molar-refractivity contribution in [3.8, 4) is 0 Å². The zero-order chi connectivity index (χ0) is 17.0. The number of ether oxygens (including phenoxy) is 3. The molecule has 5 unspecified atom stereocenters. The summed E-state index contributed by atoms with van der Waals surface area (Å²) in [6.07, 6.45) is 1.94. The van der Waals surface area contributed by atoms with Gasteiger partial charge in [-0.05, 0) is 31.6 Å². The average Bonchev–Trinajstić information content (AvgIpc) is 3.07. The lowest BCUT2D eigenvalue weighted by atomic mass is 9.70. The molecule has 1 aliphatic heterocycles. The van der Waals surface area contributed by atoms with Gasteiger partial charge in [-0.3, -0.25) is 0 Å². The Hall–Kier alpha value is -2.11. The highest BCUT2D eigenvalue weighted by atomic mass is 16.6. The Labute approximate surface area is 134 Å². The van der Waals surface area contributed by atoms with E-state index < -0.39 is 29.1 Å². The van der Waals surface area contributed by atoms with Crippen LogP contribution in [-0.4, -0.2) is 35.7 Å². The summed E-state index contributed by atoms with van der Waals surface area (Å²) in [4.78, 5) is 36.5. The Bertz CT molecular complexity index is 623. The molecule has 124 valence electrons. The summed E-state index contributed by atoms with van der Waals surface area (Å²) in [5, 5.41) is 0. The van der Waals surface area contributed by atoms with Gasteiger partial charge in [-0.15, -0.1) is 0 Å².